The molecule has 0 radical (unpaired) electrons. The fraction of sp³-hybridized carbons (Fsp3) is 0.583. The second-order valence-corrected chi connectivity index (χ2v) is 8.37. The van der Waals surface area contributed by atoms with Crippen LogP contribution in [-0.4, -0.2) is 18.5 Å². The van der Waals surface area contributed by atoms with Gasteiger partial charge in [0.25, 0.3) is 5.91 Å². The molecule has 0 unspecified atom stereocenters. The Balaban J connectivity index is 1.80. The van der Waals surface area contributed by atoms with Crippen molar-refractivity contribution in [3.05, 3.63) is 46.6 Å². The van der Waals surface area contributed by atoms with E-state index in [-0.39, 0.29) is 17.5 Å². The number of benzene rings is 1. The Morgan fingerprint density at radius 3 is 2.10 bits per heavy atom. The highest BCUT2D eigenvalue weighted by molar-refractivity contribution is 6.30. The van der Waals surface area contributed by atoms with Crippen molar-refractivity contribution in [2.45, 2.75) is 83.1 Å². The summed E-state index contributed by atoms with van der Waals surface area (Å²) in [5, 5.41) is 16.3. The van der Waals surface area contributed by atoms with E-state index >= 15 is 0 Å². The Bertz CT molecular complexity index is 666. The average Bonchev–Trinajstić information content (AvgIpc) is 2.71. The molecule has 1 saturated carbocycles. The van der Waals surface area contributed by atoms with Crippen LogP contribution in [0.4, 0.5) is 0 Å². The number of carbonyl (C=O) groups excluding carboxylic acids is 1. The maximum Gasteiger partial charge on any atom is 0.263 e. The molecule has 1 amide bonds. The molecule has 1 aliphatic carbocycles. The summed E-state index contributed by atoms with van der Waals surface area (Å²) >= 11 is 5.89. The van der Waals surface area contributed by atoms with E-state index in [1.165, 1.54) is 44.9 Å². The van der Waals surface area contributed by atoms with E-state index in [0.717, 1.165) is 42.7 Å². The van der Waals surface area contributed by atoms with E-state index in [1.807, 2.05) is 30.3 Å². The van der Waals surface area contributed by atoms with Crippen molar-refractivity contribution in [1.82, 2.24) is 10.6 Å². The van der Waals surface area contributed by atoms with Crippen molar-refractivity contribution in [3.63, 3.8) is 0 Å². The standard InChI is InChI=1S/C24H34ClN3O/c25-22-14-12-20(13-15-22)16-17-27-19-21(18-26)24(29)28-23-10-8-6-4-2-1-3-5-7-9-11-23/h12-15,19,23,27H,1-11,16-17H2,(H,28,29)/b21-19-. The number of carbonyl (C=O) groups is 1. The molecule has 2 N–H and O–H groups in total. The lowest BCUT2D eigenvalue weighted by Gasteiger charge is -2.19. The van der Waals surface area contributed by atoms with Gasteiger partial charge in [-0.05, 0) is 37.0 Å². The predicted octanol–water partition coefficient (Wildman–Crippen LogP) is 5.67. The number of nitrogens with one attached hydrogen (secondary N) is 2. The van der Waals surface area contributed by atoms with Gasteiger partial charge in [-0.15, -0.1) is 0 Å². The third-order valence-electron chi connectivity index (χ3n) is 5.52. The van der Waals surface area contributed by atoms with Crippen molar-refractivity contribution < 1.29 is 4.79 Å². The second-order valence-electron chi connectivity index (χ2n) is 7.93. The van der Waals surface area contributed by atoms with E-state index in [2.05, 4.69) is 10.6 Å². The highest BCUT2D eigenvalue weighted by Gasteiger charge is 2.15. The lowest BCUT2D eigenvalue weighted by molar-refractivity contribution is -0.117. The maximum atomic E-state index is 12.6. The molecule has 0 aliphatic heterocycles. The Morgan fingerprint density at radius 1 is 1.00 bits per heavy atom. The van der Waals surface area contributed by atoms with E-state index in [9.17, 15) is 10.1 Å². The average molecular weight is 416 g/mol. The normalized spacial score (nSPS) is 17.4. The van der Waals surface area contributed by atoms with Crippen molar-refractivity contribution in [2.75, 3.05) is 6.54 Å². The molecule has 5 heteroatoms. The fourth-order valence-electron chi connectivity index (χ4n) is 3.76. The van der Waals surface area contributed by atoms with Gasteiger partial charge in [-0.1, -0.05) is 81.5 Å². The molecular weight excluding hydrogens is 382 g/mol. The minimum Gasteiger partial charge on any atom is -0.389 e. The second kappa shape index (κ2) is 14.1. The van der Waals surface area contributed by atoms with Crippen LogP contribution in [0.15, 0.2) is 36.0 Å². The Morgan fingerprint density at radius 2 is 1.55 bits per heavy atom. The number of amides is 1. The third kappa shape index (κ3) is 9.85. The summed E-state index contributed by atoms with van der Waals surface area (Å²) in [6.45, 7) is 0.656. The van der Waals surface area contributed by atoms with Gasteiger partial charge in [0.2, 0.25) is 0 Å². The van der Waals surface area contributed by atoms with Gasteiger partial charge in [0.15, 0.2) is 0 Å². The van der Waals surface area contributed by atoms with Gasteiger partial charge in [-0.2, -0.15) is 5.26 Å². The van der Waals surface area contributed by atoms with Gasteiger partial charge in [-0.3, -0.25) is 4.79 Å². The van der Waals surface area contributed by atoms with Gasteiger partial charge in [-0.25, -0.2) is 0 Å². The van der Waals surface area contributed by atoms with Crippen molar-refractivity contribution in [1.29, 1.82) is 5.26 Å². The minimum atomic E-state index is -0.261. The Kier molecular flexibility index (Phi) is 11.3. The molecule has 0 heterocycles. The molecule has 1 aromatic rings. The molecular formula is C24H34ClN3O. The van der Waals surface area contributed by atoms with Crippen LogP contribution in [-0.2, 0) is 11.2 Å². The number of halogens is 1. The summed E-state index contributed by atoms with van der Waals surface area (Å²) in [7, 11) is 0. The molecule has 1 aliphatic rings. The van der Waals surface area contributed by atoms with Crippen LogP contribution in [0.1, 0.15) is 76.2 Å². The minimum absolute atomic E-state index is 0.146. The topological polar surface area (TPSA) is 64.9 Å². The quantitative estimate of drug-likeness (QED) is 0.357. The molecule has 29 heavy (non-hydrogen) atoms. The van der Waals surface area contributed by atoms with Crippen LogP contribution in [0.2, 0.25) is 5.02 Å². The number of nitriles is 1. The summed E-state index contributed by atoms with van der Waals surface area (Å²) < 4.78 is 0. The number of nitrogens with zero attached hydrogens (tertiary/aromatic N) is 1. The molecule has 0 bridgehead atoms. The SMILES string of the molecule is N#C/C(=C/NCCc1ccc(Cl)cc1)C(=O)NC1CCCCCCCCCCC1. The monoisotopic (exact) mass is 415 g/mol. The van der Waals surface area contributed by atoms with Crippen molar-refractivity contribution in [3.8, 4) is 6.07 Å². The first-order chi connectivity index (χ1) is 14.2. The summed E-state index contributed by atoms with van der Waals surface area (Å²) in [4.78, 5) is 12.6. The first kappa shape index (κ1) is 23.3. The molecule has 158 valence electrons. The highest BCUT2D eigenvalue weighted by Crippen LogP contribution is 2.17. The predicted molar refractivity (Wildman–Crippen MR) is 120 cm³/mol. The summed E-state index contributed by atoms with van der Waals surface area (Å²) in [6.07, 6.45) is 15.7. The van der Waals surface area contributed by atoms with Crippen LogP contribution in [0, 0.1) is 11.3 Å². The lowest BCUT2D eigenvalue weighted by Crippen LogP contribution is -2.36. The van der Waals surface area contributed by atoms with Gasteiger partial charge >= 0.3 is 0 Å². The zero-order valence-electron chi connectivity index (χ0n) is 17.4. The van der Waals surface area contributed by atoms with Gasteiger partial charge < -0.3 is 10.6 Å². The van der Waals surface area contributed by atoms with Crippen LogP contribution >= 0.6 is 11.6 Å². The van der Waals surface area contributed by atoms with Gasteiger partial charge in [0.1, 0.15) is 11.6 Å². The summed E-state index contributed by atoms with van der Waals surface area (Å²) in [6, 6.07) is 9.90. The fourth-order valence-corrected chi connectivity index (χ4v) is 3.89. The molecule has 0 saturated heterocycles. The molecule has 1 fully saturated rings. The first-order valence-electron chi connectivity index (χ1n) is 11.1. The first-order valence-corrected chi connectivity index (χ1v) is 11.5. The number of hydrogen-bond acceptors (Lipinski definition) is 3. The molecule has 0 spiro atoms. The zero-order chi connectivity index (χ0) is 20.7. The number of rotatable bonds is 6. The number of hydrogen-bond donors (Lipinski definition) is 2. The largest absolute Gasteiger partial charge is 0.389 e. The van der Waals surface area contributed by atoms with Crippen LogP contribution in [0.25, 0.3) is 0 Å². The molecule has 0 aromatic heterocycles. The van der Waals surface area contributed by atoms with Crippen molar-refractivity contribution in [2.24, 2.45) is 0 Å². The van der Waals surface area contributed by atoms with Gasteiger partial charge in [0, 0.05) is 23.8 Å². The van der Waals surface area contributed by atoms with Crippen LogP contribution in [0.3, 0.4) is 0 Å². The van der Waals surface area contributed by atoms with E-state index in [4.69, 9.17) is 11.6 Å². The molecule has 2 rings (SSSR count). The van der Waals surface area contributed by atoms with E-state index < -0.39 is 0 Å². The van der Waals surface area contributed by atoms with E-state index in [1.54, 1.807) is 6.20 Å². The Labute approximate surface area is 180 Å². The summed E-state index contributed by atoms with van der Waals surface area (Å²) in [5.41, 5.74) is 1.30. The Hall–Kier alpha value is -1.99. The van der Waals surface area contributed by atoms with E-state index in [0.29, 0.717) is 6.54 Å². The summed E-state index contributed by atoms with van der Waals surface area (Å²) in [5.74, 6) is -0.261. The molecule has 0 atom stereocenters. The van der Waals surface area contributed by atoms with Gasteiger partial charge in [0.05, 0.1) is 0 Å². The van der Waals surface area contributed by atoms with Crippen LogP contribution < -0.4 is 10.6 Å². The zero-order valence-corrected chi connectivity index (χ0v) is 18.1. The van der Waals surface area contributed by atoms with Crippen LogP contribution in [0.5, 0.6) is 0 Å². The lowest BCUT2D eigenvalue weighted by atomic mass is 9.98. The maximum absolute atomic E-state index is 12.6. The molecule has 1 aromatic carbocycles. The highest BCUT2D eigenvalue weighted by atomic mass is 35.5. The van der Waals surface area contributed by atoms with Crippen molar-refractivity contribution >= 4 is 17.5 Å². The smallest absolute Gasteiger partial charge is 0.263 e. The third-order valence-corrected chi connectivity index (χ3v) is 5.78. The molecule has 4 nitrogen and oxygen atoms in total.